The molecule has 0 aromatic heterocycles. The van der Waals surface area contributed by atoms with E-state index in [1.807, 2.05) is 38.1 Å². The second-order valence-electron chi connectivity index (χ2n) is 7.71. The van der Waals surface area contributed by atoms with Crippen LogP contribution in [0.3, 0.4) is 0 Å². The number of methoxy groups -OCH3 is 1. The minimum atomic E-state index is -0.870. The molecule has 3 aromatic carbocycles. The van der Waals surface area contributed by atoms with Gasteiger partial charge in [-0.3, -0.25) is 9.59 Å². The number of hydrogen-bond donors (Lipinski definition) is 2. The number of hydrogen-bond acceptors (Lipinski definition) is 5. The van der Waals surface area contributed by atoms with E-state index in [1.165, 1.54) is 7.11 Å². The average molecular weight is 480 g/mol. The summed E-state index contributed by atoms with van der Waals surface area (Å²) >= 11 is 6.18. The Kier molecular flexibility index (Phi) is 8.27. The maximum atomic E-state index is 12.2. The zero-order valence-corrected chi connectivity index (χ0v) is 20.2. The number of nitrogens with zero attached hydrogens (tertiary/aromatic N) is 1. The molecule has 176 valence electrons. The molecule has 0 atom stereocenters. The summed E-state index contributed by atoms with van der Waals surface area (Å²) in [4.78, 5) is 24.4. The predicted octanol–water partition coefficient (Wildman–Crippen LogP) is 5.02. The van der Waals surface area contributed by atoms with Crippen molar-refractivity contribution in [3.8, 4) is 11.5 Å². The molecule has 34 heavy (non-hydrogen) atoms. The van der Waals surface area contributed by atoms with Crippen molar-refractivity contribution >= 4 is 34.8 Å². The highest BCUT2D eigenvalue weighted by atomic mass is 35.5. The van der Waals surface area contributed by atoms with Gasteiger partial charge in [0.2, 0.25) is 0 Å². The third-order valence-corrected chi connectivity index (χ3v) is 5.30. The molecular formula is C26H26ClN3O4. The smallest absolute Gasteiger partial charge is 0.329 e. The van der Waals surface area contributed by atoms with Crippen LogP contribution in [0.4, 0.5) is 5.69 Å². The standard InChI is InChI=1S/C26H26ClN3O4/c1-16-11-17(2)13-21(12-16)28-25(31)26(32)30-29-18(3)19-9-10-23(24(14-19)33-4)34-15-20-7-5-6-8-22(20)27/h5-14H,15H2,1-4H3,(H,28,31)(H,30,32). The topological polar surface area (TPSA) is 89.0 Å². The molecule has 0 bridgehead atoms. The van der Waals surface area contributed by atoms with Crippen molar-refractivity contribution in [3.63, 3.8) is 0 Å². The van der Waals surface area contributed by atoms with Gasteiger partial charge in [-0.15, -0.1) is 0 Å². The molecular weight excluding hydrogens is 454 g/mol. The van der Waals surface area contributed by atoms with Crippen molar-refractivity contribution in [2.75, 3.05) is 12.4 Å². The molecule has 3 aromatic rings. The van der Waals surface area contributed by atoms with Crippen molar-refractivity contribution in [2.24, 2.45) is 5.10 Å². The Morgan fingerprint density at radius 3 is 2.32 bits per heavy atom. The van der Waals surface area contributed by atoms with Crippen LogP contribution in [0.15, 0.2) is 65.8 Å². The van der Waals surface area contributed by atoms with Gasteiger partial charge in [0, 0.05) is 21.8 Å². The Bertz CT molecular complexity index is 1220. The highest BCUT2D eigenvalue weighted by Gasteiger charge is 2.14. The summed E-state index contributed by atoms with van der Waals surface area (Å²) in [5.41, 5.74) is 6.84. The van der Waals surface area contributed by atoms with Gasteiger partial charge < -0.3 is 14.8 Å². The SMILES string of the molecule is COc1cc(C(C)=NNC(=O)C(=O)Nc2cc(C)cc(C)c2)ccc1OCc1ccccc1Cl. The summed E-state index contributed by atoms with van der Waals surface area (Å²) in [6.07, 6.45) is 0. The molecule has 0 saturated carbocycles. The van der Waals surface area contributed by atoms with Gasteiger partial charge in [-0.1, -0.05) is 35.9 Å². The third kappa shape index (κ3) is 6.59. The molecule has 8 heteroatoms. The zero-order chi connectivity index (χ0) is 24.7. The first-order valence-corrected chi connectivity index (χ1v) is 10.9. The van der Waals surface area contributed by atoms with E-state index in [-0.39, 0.29) is 6.61 Å². The number of halogens is 1. The lowest BCUT2D eigenvalue weighted by Gasteiger charge is -2.13. The lowest BCUT2D eigenvalue weighted by molar-refractivity contribution is -0.136. The lowest BCUT2D eigenvalue weighted by atomic mass is 10.1. The van der Waals surface area contributed by atoms with Gasteiger partial charge in [-0.25, -0.2) is 5.43 Å². The van der Waals surface area contributed by atoms with E-state index in [9.17, 15) is 9.59 Å². The number of amides is 2. The summed E-state index contributed by atoms with van der Waals surface area (Å²) in [6.45, 7) is 5.82. The number of rotatable bonds is 7. The van der Waals surface area contributed by atoms with Crippen LogP contribution in [0.2, 0.25) is 5.02 Å². The van der Waals surface area contributed by atoms with E-state index in [1.54, 1.807) is 43.3 Å². The van der Waals surface area contributed by atoms with Crippen LogP contribution in [-0.2, 0) is 16.2 Å². The summed E-state index contributed by atoms with van der Waals surface area (Å²) in [5, 5.41) is 7.25. The van der Waals surface area contributed by atoms with E-state index in [0.29, 0.717) is 33.5 Å². The number of carbonyl (C=O) groups is 2. The van der Waals surface area contributed by atoms with Gasteiger partial charge in [0.15, 0.2) is 11.5 Å². The molecule has 0 radical (unpaired) electrons. The first kappa shape index (κ1) is 24.8. The second-order valence-corrected chi connectivity index (χ2v) is 8.12. The summed E-state index contributed by atoms with van der Waals surface area (Å²) in [6, 6.07) is 18.3. The predicted molar refractivity (Wildman–Crippen MR) is 134 cm³/mol. The molecule has 0 fully saturated rings. The minimum absolute atomic E-state index is 0.286. The molecule has 0 aliphatic heterocycles. The Hall–Kier alpha value is -3.84. The molecule has 0 saturated heterocycles. The fourth-order valence-corrected chi connectivity index (χ4v) is 3.46. The van der Waals surface area contributed by atoms with Crippen LogP contribution in [-0.4, -0.2) is 24.6 Å². The van der Waals surface area contributed by atoms with Crippen molar-refractivity contribution in [3.05, 3.63) is 87.9 Å². The zero-order valence-electron chi connectivity index (χ0n) is 19.4. The number of benzene rings is 3. The monoisotopic (exact) mass is 479 g/mol. The van der Waals surface area contributed by atoms with Crippen molar-refractivity contribution in [2.45, 2.75) is 27.4 Å². The molecule has 2 N–H and O–H groups in total. The van der Waals surface area contributed by atoms with Crippen LogP contribution >= 0.6 is 11.6 Å². The fourth-order valence-electron chi connectivity index (χ4n) is 3.27. The molecule has 0 aliphatic rings. The van der Waals surface area contributed by atoms with Crippen LogP contribution < -0.4 is 20.2 Å². The Morgan fingerprint density at radius 2 is 1.65 bits per heavy atom. The van der Waals surface area contributed by atoms with Crippen LogP contribution in [0.5, 0.6) is 11.5 Å². The van der Waals surface area contributed by atoms with Gasteiger partial charge in [0.05, 0.1) is 12.8 Å². The normalized spacial score (nSPS) is 11.0. The lowest BCUT2D eigenvalue weighted by Crippen LogP contribution is -2.33. The molecule has 0 heterocycles. The quantitative estimate of drug-likeness (QED) is 0.283. The van der Waals surface area contributed by atoms with Gasteiger partial charge in [0.1, 0.15) is 6.61 Å². The van der Waals surface area contributed by atoms with E-state index in [0.717, 1.165) is 16.7 Å². The van der Waals surface area contributed by atoms with E-state index in [2.05, 4.69) is 15.8 Å². The van der Waals surface area contributed by atoms with E-state index >= 15 is 0 Å². The Balaban J connectivity index is 1.64. The molecule has 3 rings (SSSR count). The average Bonchev–Trinajstić information content (AvgIpc) is 2.81. The van der Waals surface area contributed by atoms with Gasteiger partial charge in [-0.05, 0) is 68.3 Å². The van der Waals surface area contributed by atoms with Crippen molar-refractivity contribution in [1.29, 1.82) is 0 Å². The first-order valence-electron chi connectivity index (χ1n) is 10.6. The number of nitrogens with one attached hydrogen (secondary N) is 2. The van der Waals surface area contributed by atoms with Gasteiger partial charge in [0.25, 0.3) is 0 Å². The number of hydrazone groups is 1. The number of ether oxygens (including phenoxy) is 2. The Labute approximate surface area is 203 Å². The first-order chi connectivity index (χ1) is 16.3. The highest BCUT2D eigenvalue weighted by Crippen LogP contribution is 2.30. The number of anilines is 1. The van der Waals surface area contributed by atoms with E-state index in [4.69, 9.17) is 21.1 Å². The summed E-state index contributed by atoms with van der Waals surface area (Å²) in [5.74, 6) is -0.638. The van der Waals surface area contributed by atoms with Gasteiger partial charge in [-0.2, -0.15) is 5.10 Å². The largest absolute Gasteiger partial charge is 0.493 e. The molecule has 7 nitrogen and oxygen atoms in total. The number of carbonyl (C=O) groups excluding carboxylic acids is 2. The third-order valence-electron chi connectivity index (χ3n) is 4.93. The summed E-state index contributed by atoms with van der Waals surface area (Å²) < 4.78 is 11.3. The fraction of sp³-hybridized carbons (Fsp3) is 0.192. The summed E-state index contributed by atoms with van der Waals surface area (Å²) in [7, 11) is 1.53. The Morgan fingerprint density at radius 1 is 0.941 bits per heavy atom. The van der Waals surface area contributed by atoms with Crippen molar-refractivity contribution < 1.29 is 19.1 Å². The second kappa shape index (κ2) is 11.3. The van der Waals surface area contributed by atoms with Crippen LogP contribution in [0.25, 0.3) is 0 Å². The molecule has 0 spiro atoms. The van der Waals surface area contributed by atoms with Gasteiger partial charge >= 0.3 is 11.8 Å². The van der Waals surface area contributed by atoms with Crippen molar-refractivity contribution in [1.82, 2.24) is 5.43 Å². The highest BCUT2D eigenvalue weighted by molar-refractivity contribution is 6.39. The number of aryl methyl sites for hydroxylation is 2. The minimum Gasteiger partial charge on any atom is -0.493 e. The molecule has 0 unspecified atom stereocenters. The van der Waals surface area contributed by atoms with Crippen LogP contribution in [0, 0.1) is 13.8 Å². The van der Waals surface area contributed by atoms with Crippen LogP contribution in [0.1, 0.15) is 29.2 Å². The molecule has 2 amide bonds. The van der Waals surface area contributed by atoms with E-state index < -0.39 is 11.8 Å². The molecule has 0 aliphatic carbocycles. The maximum absolute atomic E-state index is 12.2. The maximum Gasteiger partial charge on any atom is 0.329 e.